The van der Waals surface area contributed by atoms with Crippen molar-refractivity contribution >= 4 is 52.5 Å². The monoisotopic (exact) mass is 495 g/mol. The van der Waals surface area contributed by atoms with Crippen LogP contribution in [0.4, 0.5) is 11.4 Å². The predicted octanol–water partition coefficient (Wildman–Crippen LogP) is 5.57. The van der Waals surface area contributed by atoms with Crippen molar-refractivity contribution in [2.24, 2.45) is 0 Å². The molecular formula is C25H19Cl2N3O4. The van der Waals surface area contributed by atoms with Gasteiger partial charge in [0.25, 0.3) is 11.8 Å². The molecule has 0 unspecified atom stereocenters. The van der Waals surface area contributed by atoms with Crippen molar-refractivity contribution in [1.82, 2.24) is 0 Å². The van der Waals surface area contributed by atoms with Crippen LogP contribution in [0.25, 0.3) is 6.08 Å². The summed E-state index contributed by atoms with van der Waals surface area (Å²) >= 11 is 12.6. The highest BCUT2D eigenvalue weighted by atomic mass is 35.5. The molecule has 0 saturated heterocycles. The lowest BCUT2D eigenvalue weighted by Gasteiger charge is -2.12. The van der Waals surface area contributed by atoms with E-state index in [2.05, 4.69) is 10.6 Å². The first-order valence-corrected chi connectivity index (χ1v) is 10.7. The Morgan fingerprint density at radius 3 is 2.32 bits per heavy atom. The second-order valence-electron chi connectivity index (χ2n) is 7.14. The minimum absolute atomic E-state index is 0.0494. The molecule has 9 heteroatoms. The van der Waals surface area contributed by atoms with Crippen LogP contribution in [0, 0.1) is 18.3 Å². The van der Waals surface area contributed by atoms with Gasteiger partial charge in [-0.25, -0.2) is 0 Å². The van der Waals surface area contributed by atoms with Gasteiger partial charge >= 0.3 is 0 Å². The van der Waals surface area contributed by atoms with Gasteiger partial charge in [0.1, 0.15) is 17.4 Å². The smallest absolute Gasteiger partial charge is 0.266 e. The quantitative estimate of drug-likeness (QED) is 0.225. The number of hydrogen-bond acceptors (Lipinski definition) is 5. The number of anilines is 2. The number of ether oxygens (including phenoxy) is 1. The highest BCUT2D eigenvalue weighted by molar-refractivity contribution is 6.37. The number of aryl methyl sites for hydroxylation is 1. The molecule has 172 valence electrons. The summed E-state index contributed by atoms with van der Waals surface area (Å²) in [6, 6.07) is 17.9. The number of halogens is 2. The summed E-state index contributed by atoms with van der Waals surface area (Å²) in [5.41, 5.74) is 2.19. The first-order valence-electron chi connectivity index (χ1n) is 9.96. The average Bonchev–Trinajstić information content (AvgIpc) is 2.80. The van der Waals surface area contributed by atoms with Crippen LogP contribution in [0.2, 0.25) is 10.0 Å². The van der Waals surface area contributed by atoms with Crippen LogP contribution in [0.15, 0.2) is 66.2 Å². The molecule has 3 aromatic carbocycles. The third-order valence-electron chi connectivity index (χ3n) is 4.59. The van der Waals surface area contributed by atoms with Gasteiger partial charge in [0, 0.05) is 11.4 Å². The molecule has 0 aliphatic carbocycles. The number of carbonyl (C=O) groups is 2. The number of hydrogen-bond donors (Lipinski definition) is 3. The normalized spacial score (nSPS) is 10.8. The number of amides is 2. The van der Waals surface area contributed by atoms with Crippen molar-refractivity contribution in [2.45, 2.75) is 6.92 Å². The summed E-state index contributed by atoms with van der Waals surface area (Å²) in [5.74, 6) is -0.877. The number of nitrogens with zero attached hydrogens (tertiary/aromatic N) is 1. The van der Waals surface area contributed by atoms with E-state index in [4.69, 9.17) is 27.9 Å². The van der Waals surface area contributed by atoms with E-state index in [0.29, 0.717) is 16.9 Å². The largest absolute Gasteiger partial charge is 0.508 e. The zero-order valence-corrected chi connectivity index (χ0v) is 19.4. The lowest BCUT2D eigenvalue weighted by atomic mass is 10.1. The Labute approximate surface area is 206 Å². The van der Waals surface area contributed by atoms with Gasteiger partial charge in [-0.2, -0.15) is 5.26 Å². The van der Waals surface area contributed by atoms with Crippen LogP contribution in [-0.2, 0) is 9.59 Å². The van der Waals surface area contributed by atoms with Gasteiger partial charge < -0.3 is 20.5 Å². The zero-order valence-electron chi connectivity index (χ0n) is 17.9. The summed E-state index contributed by atoms with van der Waals surface area (Å²) in [6.07, 6.45) is 1.32. The average molecular weight is 496 g/mol. The number of phenols is 1. The van der Waals surface area contributed by atoms with Gasteiger partial charge in [-0.05, 0) is 66.6 Å². The maximum absolute atomic E-state index is 12.4. The highest BCUT2D eigenvalue weighted by Crippen LogP contribution is 2.35. The zero-order chi connectivity index (χ0) is 24.7. The van der Waals surface area contributed by atoms with Crippen LogP contribution in [0.1, 0.15) is 11.1 Å². The fourth-order valence-corrected chi connectivity index (χ4v) is 3.51. The molecule has 2 amide bonds. The number of rotatable bonds is 7. The number of nitrogens with one attached hydrogen (secondary N) is 2. The second-order valence-corrected chi connectivity index (χ2v) is 7.95. The van der Waals surface area contributed by atoms with Crippen LogP contribution in [-0.4, -0.2) is 23.5 Å². The Morgan fingerprint density at radius 2 is 1.71 bits per heavy atom. The molecular weight excluding hydrogens is 477 g/mol. The van der Waals surface area contributed by atoms with E-state index in [9.17, 15) is 20.0 Å². The third kappa shape index (κ3) is 6.51. The van der Waals surface area contributed by atoms with Crippen LogP contribution in [0.5, 0.6) is 11.5 Å². The number of benzene rings is 3. The molecule has 0 spiro atoms. The van der Waals surface area contributed by atoms with E-state index in [-0.39, 0.29) is 39.6 Å². The molecule has 0 aliphatic rings. The third-order valence-corrected chi connectivity index (χ3v) is 5.15. The fourth-order valence-electron chi connectivity index (χ4n) is 2.90. The fraction of sp³-hybridized carbons (Fsp3) is 0.0800. The van der Waals surface area contributed by atoms with Gasteiger partial charge in [-0.15, -0.1) is 0 Å². The molecule has 7 nitrogen and oxygen atoms in total. The minimum Gasteiger partial charge on any atom is -0.508 e. The van der Waals surface area contributed by atoms with E-state index in [1.54, 1.807) is 6.07 Å². The minimum atomic E-state index is -0.645. The lowest BCUT2D eigenvalue weighted by molar-refractivity contribution is -0.118. The SMILES string of the molecule is Cc1ccccc1NC(=O)COc1c(Cl)cc(/C=C(\C#N)C(=O)Nc2ccc(O)cc2)cc1Cl. The van der Waals surface area contributed by atoms with Gasteiger partial charge in [0.2, 0.25) is 0 Å². The van der Waals surface area contributed by atoms with Gasteiger partial charge in [0.05, 0.1) is 10.0 Å². The number of nitriles is 1. The maximum Gasteiger partial charge on any atom is 0.266 e. The maximum atomic E-state index is 12.4. The van der Waals surface area contributed by atoms with Gasteiger partial charge in [-0.1, -0.05) is 41.4 Å². The molecule has 0 aliphatic heterocycles. The standard InChI is InChI=1S/C25H19Cl2N3O4/c1-15-4-2-3-5-22(15)30-23(32)14-34-24-20(26)11-16(12-21(24)27)10-17(13-28)25(33)29-18-6-8-19(31)9-7-18/h2-12,31H,14H2,1H3,(H,29,33)(H,30,32)/b17-10+. The van der Waals surface area contributed by atoms with Crippen LogP contribution in [0.3, 0.4) is 0 Å². The molecule has 3 rings (SSSR count). The summed E-state index contributed by atoms with van der Waals surface area (Å²) in [7, 11) is 0. The molecule has 0 fully saturated rings. The molecule has 3 aromatic rings. The lowest BCUT2D eigenvalue weighted by Crippen LogP contribution is -2.20. The Balaban J connectivity index is 1.69. The second kappa shape index (κ2) is 11.2. The molecule has 0 bridgehead atoms. The first kappa shape index (κ1) is 24.6. The Hall–Kier alpha value is -3.99. The van der Waals surface area contributed by atoms with Crippen LogP contribution < -0.4 is 15.4 Å². The number of carbonyl (C=O) groups excluding carboxylic acids is 2. The molecule has 0 saturated carbocycles. The molecule has 0 heterocycles. The van der Waals surface area contributed by atoms with E-state index in [1.165, 1.54) is 42.5 Å². The molecule has 34 heavy (non-hydrogen) atoms. The van der Waals surface area contributed by atoms with Gasteiger partial charge in [-0.3, -0.25) is 9.59 Å². The van der Waals surface area contributed by atoms with E-state index >= 15 is 0 Å². The van der Waals surface area contributed by atoms with Crippen LogP contribution >= 0.6 is 23.2 Å². The summed E-state index contributed by atoms with van der Waals surface area (Å²) in [6.45, 7) is 1.55. The van der Waals surface area contributed by atoms with E-state index in [0.717, 1.165) is 5.56 Å². The molecule has 3 N–H and O–H groups in total. The van der Waals surface area contributed by atoms with Gasteiger partial charge in [0.15, 0.2) is 12.4 Å². The summed E-state index contributed by atoms with van der Waals surface area (Å²) in [4.78, 5) is 24.7. The van der Waals surface area contributed by atoms with E-state index in [1.807, 2.05) is 31.2 Å². The van der Waals surface area contributed by atoms with Crippen molar-refractivity contribution in [1.29, 1.82) is 5.26 Å². The first-order chi connectivity index (χ1) is 16.3. The Morgan fingerprint density at radius 1 is 1.06 bits per heavy atom. The highest BCUT2D eigenvalue weighted by Gasteiger charge is 2.14. The predicted molar refractivity (Wildman–Crippen MR) is 132 cm³/mol. The molecule has 0 radical (unpaired) electrons. The Bertz CT molecular complexity index is 1280. The molecule has 0 atom stereocenters. The topological polar surface area (TPSA) is 111 Å². The number of phenolic OH excluding ortho intramolecular Hbond substituents is 1. The Kier molecular flexibility index (Phi) is 8.14. The van der Waals surface area contributed by atoms with Crippen molar-refractivity contribution < 1.29 is 19.4 Å². The van der Waals surface area contributed by atoms with E-state index < -0.39 is 5.91 Å². The van der Waals surface area contributed by atoms with Crippen molar-refractivity contribution in [2.75, 3.05) is 17.2 Å². The molecule has 0 aromatic heterocycles. The summed E-state index contributed by atoms with van der Waals surface area (Å²) in [5, 5.41) is 24.3. The van der Waals surface area contributed by atoms with Crippen molar-refractivity contribution in [3.63, 3.8) is 0 Å². The number of aromatic hydroxyl groups is 1. The number of para-hydroxylation sites is 1. The van der Waals surface area contributed by atoms with Crippen molar-refractivity contribution in [3.05, 3.63) is 87.4 Å². The van der Waals surface area contributed by atoms with Crippen molar-refractivity contribution in [3.8, 4) is 17.6 Å². The summed E-state index contributed by atoms with van der Waals surface area (Å²) < 4.78 is 5.50.